The molecule has 1 aromatic heterocycles. The molecule has 0 fully saturated rings. The SMILES string of the molecule is CCSc1ccc(-c2noc(CC(CC)CN)n2)cc1. The van der Waals surface area contributed by atoms with Crippen LogP contribution >= 0.6 is 11.8 Å². The third kappa shape index (κ3) is 3.84. The van der Waals surface area contributed by atoms with E-state index in [2.05, 4.69) is 36.1 Å². The van der Waals surface area contributed by atoms with E-state index >= 15 is 0 Å². The number of benzene rings is 1. The van der Waals surface area contributed by atoms with Crippen molar-refractivity contribution in [1.82, 2.24) is 10.1 Å². The zero-order valence-electron chi connectivity index (χ0n) is 12.0. The molecule has 1 atom stereocenters. The average Bonchev–Trinajstić information content (AvgIpc) is 2.94. The minimum atomic E-state index is 0.409. The lowest BCUT2D eigenvalue weighted by molar-refractivity contribution is 0.350. The first kappa shape index (κ1) is 15.1. The van der Waals surface area contributed by atoms with Crippen molar-refractivity contribution in [2.45, 2.75) is 31.6 Å². The molecule has 0 saturated heterocycles. The van der Waals surface area contributed by atoms with Crippen LogP contribution in [0.5, 0.6) is 0 Å². The van der Waals surface area contributed by atoms with Crippen LogP contribution in [0.1, 0.15) is 26.2 Å². The van der Waals surface area contributed by atoms with Gasteiger partial charge in [-0.05, 0) is 42.5 Å². The van der Waals surface area contributed by atoms with Gasteiger partial charge in [-0.1, -0.05) is 25.4 Å². The zero-order chi connectivity index (χ0) is 14.4. The molecule has 0 aliphatic carbocycles. The fraction of sp³-hybridized carbons (Fsp3) is 0.467. The first-order valence-corrected chi connectivity index (χ1v) is 8.01. The Bertz CT molecular complexity index is 520. The van der Waals surface area contributed by atoms with Crippen LogP contribution < -0.4 is 5.73 Å². The standard InChI is InChI=1S/C15H21N3OS/c1-3-11(10-16)9-14-17-15(18-19-14)12-5-7-13(8-6-12)20-4-2/h5-8,11H,3-4,9-10,16H2,1-2H3. The summed E-state index contributed by atoms with van der Waals surface area (Å²) in [6.45, 7) is 4.92. The summed E-state index contributed by atoms with van der Waals surface area (Å²) in [4.78, 5) is 5.71. The van der Waals surface area contributed by atoms with Gasteiger partial charge >= 0.3 is 0 Å². The largest absolute Gasteiger partial charge is 0.339 e. The molecule has 1 heterocycles. The molecule has 0 aliphatic rings. The lowest BCUT2D eigenvalue weighted by Gasteiger charge is -2.07. The zero-order valence-corrected chi connectivity index (χ0v) is 12.8. The van der Waals surface area contributed by atoms with Crippen molar-refractivity contribution < 1.29 is 4.52 Å². The fourth-order valence-electron chi connectivity index (χ4n) is 1.96. The number of rotatable bonds is 7. The van der Waals surface area contributed by atoms with Gasteiger partial charge in [0.2, 0.25) is 11.7 Å². The first-order valence-electron chi connectivity index (χ1n) is 7.02. The minimum absolute atomic E-state index is 0.409. The van der Waals surface area contributed by atoms with Crippen LogP contribution in [0.3, 0.4) is 0 Å². The minimum Gasteiger partial charge on any atom is -0.339 e. The van der Waals surface area contributed by atoms with E-state index in [0.717, 1.165) is 24.2 Å². The number of aromatic nitrogens is 2. The molecule has 4 nitrogen and oxygen atoms in total. The molecule has 1 unspecified atom stereocenters. The molecule has 108 valence electrons. The van der Waals surface area contributed by atoms with Gasteiger partial charge in [-0.15, -0.1) is 11.8 Å². The van der Waals surface area contributed by atoms with Crippen LogP contribution in [-0.4, -0.2) is 22.4 Å². The van der Waals surface area contributed by atoms with Crippen LogP contribution in [0, 0.1) is 5.92 Å². The van der Waals surface area contributed by atoms with Gasteiger partial charge in [-0.25, -0.2) is 0 Å². The van der Waals surface area contributed by atoms with Crippen molar-refractivity contribution in [3.05, 3.63) is 30.2 Å². The lowest BCUT2D eigenvalue weighted by Crippen LogP contribution is -2.15. The van der Waals surface area contributed by atoms with Crippen LogP contribution in [0.15, 0.2) is 33.7 Å². The molecule has 2 rings (SSSR count). The molecule has 0 bridgehead atoms. The second-order valence-electron chi connectivity index (χ2n) is 4.68. The van der Waals surface area contributed by atoms with E-state index in [1.807, 2.05) is 23.9 Å². The molecule has 2 N–H and O–H groups in total. The summed E-state index contributed by atoms with van der Waals surface area (Å²) in [6, 6.07) is 8.25. The van der Waals surface area contributed by atoms with Gasteiger partial charge in [-0.3, -0.25) is 0 Å². The highest BCUT2D eigenvalue weighted by Gasteiger charge is 2.13. The number of hydrogen-bond donors (Lipinski definition) is 1. The van der Waals surface area contributed by atoms with Crippen LogP contribution in [0.4, 0.5) is 0 Å². The molecule has 5 heteroatoms. The van der Waals surface area contributed by atoms with Gasteiger partial charge in [0.1, 0.15) is 0 Å². The molecule has 1 aromatic carbocycles. The Morgan fingerprint density at radius 2 is 2.00 bits per heavy atom. The predicted molar refractivity (Wildman–Crippen MR) is 82.7 cm³/mol. The smallest absolute Gasteiger partial charge is 0.227 e. The summed E-state index contributed by atoms with van der Waals surface area (Å²) < 4.78 is 5.31. The molecule has 0 radical (unpaired) electrons. The second-order valence-corrected chi connectivity index (χ2v) is 6.02. The molecule has 2 aromatic rings. The van der Waals surface area contributed by atoms with Gasteiger partial charge < -0.3 is 10.3 Å². The van der Waals surface area contributed by atoms with Crippen LogP contribution in [0.2, 0.25) is 0 Å². The second kappa shape index (κ2) is 7.45. The van der Waals surface area contributed by atoms with Gasteiger partial charge in [0.15, 0.2) is 0 Å². The van der Waals surface area contributed by atoms with Crippen molar-refractivity contribution in [2.75, 3.05) is 12.3 Å². The van der Waals surface area contributed by atoms with E-state index in [0.29, 0.717) is 24.2 Å². The topological polar surface area (TPSA) is 64.9 Å². The van der Waals surface area contributed by atoms with E-state index in [1.54, 1.807) is 0 Å². The average molecular weight is 291 g/mol. The maximum atomic E-state index is 5.70. The van der Waals surface area contributed by atoms with E-state index in [4.69, 9.17) is 10.3 Å². The highest BCUT2D eigenvalue weighted by Crippen LogP contribution is 2.22. The molecular formula is C15H21N3OS. The molecule has 0 aliphatic heterocycles. The van der Waals surface area contributed by atoms with E-state index in [-0.39, 0.29) is 0 Å². The van der Waals surface area contributed by atoms with Crippen molar-refractivity contribution >= 4 is 11.8 Å². The van der Waals surface area contributed by atoms with Crippen molar-refractivity contribution in [3.8, 4) is 11.4 Å². The summed E-state index contributed by atoms with van der Waals surface area (Å²) in [7, 11) is 0. The number of nitrogens with zero attached hydrogens (tertiary/aromatic N) is 2. The summed E-state index contributed by atoms with van der Waals surface area (Å²) in [5.74, 6) is 2.80. The molecule has 0 spiro atoms. The van der Waals surface area contributed by atoms with Crippen molar-refractivity contribution in [2.24, 2.45) is 11.7 Å². The van der Waals surface area contributed by atoms with Crippen molar-refractivity contribution in [3.63, 3.8) is 0 Å². The number of thioether (sulfide) groups is 1. The predicted octanol–water partition coefficient (Wildman–Crippen LogP) is 3.38. The highest BCUT2D eigenvalue weighted by atomic mass is 32.2. The Morgan fingerprint density at radius 3 is 2.60 bits per heavy atom. The maximum Gasteiger partial charge on any atom is 0.227 e. The quantitative estimate of drug-likeness (QED) is 0.792. The van der Waals surface area contributed by atoms with E-state index in [9.17, 15) is 0 Å². The highest BCUT2D eigenvalue weighted by molar-refractivity contribution is 7.99. The van der Waals surface area contributed by atoms with E-state index in [1.165, 1.54) is 4.90 Å². The fourth-order valence-corrected chi connectivity index (χ4v) is 2.63. The van der Waals surface area contributed by atoms with Gasteiger partial charge in [0.25, 0.3) is 0 Å². The normalized spacial score (nSPS) is 12.6. The molecule has 20 heavy (non-hydrogen) atoms. The number of nitrogens with two attached hydrogens (primary N) is 1. The number of hydrogen-bond acceptors (Lipinski definition) is 5. The third-order valence-corrected chi connectivity index (χ3v) is 4.16. The monoisotopic (exact) mass is 291 g/mol. The summed E-state index contributed by atoms with van der Waals surface area (Å²) >= 11 is 1.82. The molecule has 0 saturated carbocycles. The first-order chi connectivity index (χ1) is 9.76. The summed E-state index contributed by atoms with van der Waals surface area (Å²) in [5, 5.41) is 4.05. The Hall–Kier alpha value is -1.33. The van der Waals surface area contributed by atoms with Gasteiger partial charge in [0, 0.05) is 16.9 Å². The molecule has 0 amide bonds. The van der Waals surface area contributed by atoms with Gasteiger partial charge in [-0.2, -0.15) is 4.98 Å². The van der Waals surface area contributed by atoms with E-state index < -0.39 is 0 Å². The summed E-state index contributed by atoms with van der Waals surface area (Å²) in [6.07, 6.45) is 1.78. The Morgan fingerprint density at radius 1 is 1.25 bits per heavy atom. The van der Waals surface area contributed by atoms with Gasteiger partial charge in [0.05, 0.1) is 0 Å². The van der Waals surface area contributed by atoms with Crippen LogP contribution in [-0.2, 0) is 6.42 Å². The Labute approximate surface area is 124 Å². The third-order valence-electron chi connectivity index (χ3n) is 3.27. The Balaban J connectivity index is 2.07. The lowest BCUT2D eigenvalue weighted by atomic mass is 10.0. The maximum absolute atomic E-state index is 5.70. The molecular weight excluding hydrogens is 270 g/mol. The Kier molecular flexibility index (Phi) is 5.61. The van der Waals surface area contributed by atoms with Crippen molar-refractivity contribution in [1.29, 1.82) is 0 Å². The van der Waals surface area contributed by atoms with Crippen LogP contribution in [0.25, 0.3) is 11.4 Å². The summed E-state index contributed by atoms with van der Waals surface area (Å²) in [5.41, 5.74) is 6.69.